The highest BCUT2D eigenvalue weighted by Gasteiger charge is 2.16. The van der Waals surface area contributed by atoms with Crippen LogP contribution in [0.2, 0.25) is 0 Å². The summed E-state index contributed by atoms with van der Waals surface area (Å²) in [7, 11) is 3.11. The summed E-state index contributed by atoms with van der Waals surface area (Å²) in [4.78, 5) is 31.3. The van der Waals surface area contributed by atoms with Crippen molar-refractivity contribution in [3.63, 3.8) is 0 Å². The predicted octanol–water partition coefficient (Wildman–Crippen LogP) is 3.00. The summed E-state index contributed by atoms with van der Waals surface area (Å²) in [5, 5.41) is 4.05. The molecule has 0 saturated heterocycles. The number of fused-ring (bicyclic) bond motifs is 1. The van der Waals surface area contributed by atoms with Crippen molar-refractivity contribution in [2.75, 3.05) is 14.2 Å². The average molecular weight is 408 g/mol. The van der Waals surface area contributed by atoms with E-state index in [4.69, 9.17) is 14.0 Å². The Morgan fingerprint density at radius 2 is 1.73 bits per heavy atom. The summed E-state index contributed by atoms with van der Waals surface area (Å²) >= 11 is 0. The highest BCUT2D eigenvalue weighted by molar-refractivity contribution is 5.80. The second-order valence-electron chi connectivity index (χ2n) is 6.95. The highest BCUT2D eigenvalue weighted by Crippen LogP contribution is 2.32. The average Bonchev–Trinajstić information content (AvgIpc) is 3.23. The van der Waals surface area contributed by atoms with Crippen LogP contribution in [-0.2, 0) is 0 Å². The number of nitrogens with zero attached hydrogens (tertiary/aromatic N) is 3. The number of methoxy groups -OCH3 is 2. The van der Waals surface area contributed by atoms with Crippen LogP contribution in [0.15, 0.2) is 50.5 Å². The third kappa shape index (κ3) is 3.24. The first kappa shape index (κ1) is 19.4. The summed E-state index contributed by atoms with van der Waals surface area (Å²) < 4.78 is 17.4. The molecular weight excluding hydrogens is 388 g/mol. The van der Waals surface area contributed by atoms with Crippen LogP contribution in [0.1, 0.15) is 19.9 Å². The number of aromatic amines is 1. The lowest BCUT2D eigenvalue weighted by Crippen LogP contribution is -2.37. The van der Waals surface area contributed by atoms with E-state index in [9.17, 15) is 9.59 Å². The standard InChI is InChI=1S/C21H20N4O5/c1-11(2)25-15-7-5-12(9-14(15)22-19(26)21(25)27)18-23-20(30-24-18)13-6-8-16(28-3)17(10-13)29-4/h5-11H,1-4H3,(H,22,26). The lowest BCUT2D eigenvalue weighted by molar-refractivity contribution is 0.355. The topological polar surface area (TPSA) is 112 Å². The Morgan fingerprint density at radius 3 is 2.43 bits per heavy atom. The molecule has 0 radical (unpaired) electrons. The van der Waals surface area contributed by atoms with Gasteiger partial charge in [0.05, 0.1) is 25.3 Å². The van der Waals surface area contributed by atoms with Crippen molar-refractivity contribution in [2.24, 2.45) is 0 Å². The quantitative estimate of drug-likeness (QED) is 0.505. The summed E-state index contributed by atoms with van der Waals surface area (Å²) in [6, 6.07) is 10.4. The van der Waals surface area contributed by atoms with Crippen molar-refractivity contribution in [1.82, 2.24) is 19.7 Å². The Labute approximate surface area is 170 Å². The molecule has 154 valence electrons. The Kier molecular flexibility index (Phi) is 4.86. The maximum atomic E-state index is 12.2. The van der Waals surface area contributed by atoms with Crippen LogP contribution in [0.4, 0.5) is 0 Å². The van der Waals surface area contributed by atoms with Gasteiger partial charge in [-0.2, -0.15) is 4.98 Å². The molecule has 0 bridgehead atoms. The minimum Gasteiger partial charge on any atom is -0.493 e. The van der Waals surface area contributed by atoms with Gasteiger partial charge in [0.25, 0.3) is 5.89 Å². The predicted molar refractivity (Wildman–Crippen MR) is 111 cm³/mol. The molecule has 4 aromatic rings. The van der Waals surface area contributed by atoms with E-state index in [1.165, 1.54) is 4.57 Å². The van der Waals surface area contributed by atoms with Gasteiger partial charge in [-0.15, -0.1) is 0 Å². The Bertz CT molecular complexity index is 1350. The highest BCUT2D eigenvalue weighted by atomic mass is 16.5. The zero-order valence-electron chi connectivity index (χ0n) is 16.9. The van der Waals surface area contributed by atoms with Gasteiger partial charge in [0, 0.05) is 17.2 Å². The zero-order chi connectivity index (χ0) is 21.4. The molecule has 1 N–H and O–H groups in total. The number of aromatic nitrogens is 4. The molecule has 2 aromatic heterocycles. The molecule has 0 spiro atoms. The zero-order valence-corrected chi connectivity index (χ0v) is 16.9. The van der Waals surface area contributed by atoms with Crippen molar-refractivity contribution < 1.29 is 14.0 Å². The summed E-state index contributed by atoms with van der Waals surface area (Å²) in [5.74, 6) is 1.80. The molecule has 0 amide bonds. The number of hydrogen-bond donors (Lipinski definition) is 1. The maximum absolute atomic E-state index is 12.2. The summed E-state index contributed by atoms with van der Waals surface area (Å²) in [6.45, 7) is 3.70. The largest absolute Gasteiger partial charge is 0.493 e. The first-order valence-corrected chi connectivity index (χ1v) is 9.28. The second-order valence-corrected chi connectivity index (χ2v) is 6.95. The third-order valence-corrected chi connectivity index (χ3v) is 4.75. The molecule has 0 aliphatic heterocycles. The van der Waals surface area contributed by atoms with Gasteiger partial charge in [0.1, 0.15) is 0 Å². The van der Waals surface area contributed by atoms with Gasteiger partial charge in [-0.05, 0) is 50.2 Å². The molecule has 0 saturated carbocycles. The molecule has 0 aliphatic carbocycles. The van der Waals surface area contributed by atoms with Crippen LogP contribution < -0.4 is 20.6 Å². The SMILES string of the molecule is COc1ccc(-c2nc(-c3ccc4c(c3)[nH]c(=O)c(=O)n4C(C)C)no2)cc1OC. The van der Waals surface area contributed by atoms with E-state index >= 15 is 0 Å². The molecule has 9 heteroatoms. The number of hydrogen-bond acceptors (Lipinski definition) is 7. The van der Waals surface area contributed by atoms with E-state index < -0.39 is 11.1 Å². The molecular formula is C21H20N4O5. The lowest BCUT2D eigenvalue weighted by atomic mass is 10.1. The third-order valence-electron chi connectivity index (χ3n) is 4.75. The number of benzene rings is 2. The van der Waals surface area contributed by atoms with Gasteiger partial charge in [-0.25, -0.2) is 0 Å². The van der Waals surface area contributed by atoms with Gasteiger partial charge in [0.15, 0.2) is 11.5 Å². The number of ether oxygens (including phenoxy) is 2. The minimum absolute atomic E-state index is 0.157. The fraction of sp³-hybridized carbons (Fsp3) is 0.238. The van der Waals surface area contributed by atoms with Crippen molar-refractivity contribution in [2.45, 2.75) is 19.9 Å². The molecule has 2 heterocycles. The molecule has 0 atom stereocenters. The minimum atomic E-state index is -0.674. The van der Waals surface area contributed by atoms with E-state index in [0.717, 1.165) is 0 Å². The fourth-order valence-corrected chi connectivity index (χ4v) is 3.32. The van der Waals surface area contributed by atoms with E-state index in [2.05, 4.69) is 15.1 Å². The van der Waals surface area contributed by atoms with Gasteiger partial charge >= 0.3 is 11.1 Å². The molecule has 0 aliphatic rings. The van der Waals surface area contributed by atoms with E-state index in [-0.39, 0.29) is 6.04 Å². The number of rotatable bonds is 5. The van der Waals surface area contributed by atoms with Crippen molar-refractivity contribution in [3.8, 4) is 34.3 Å². The summed E-state index contributed by atoms with van der Waals surface area (Å²) in [6.07, 6.45) is 0. The van der Waals surface area contributed by atoms with Gasteiger partial charge in [-0.3, -0.25) is 14.2 Å². The second kappa shape index (κ2) is 7.51. The first-order chi connectivity index (χ1) is 14.4. The van der Waals surface area contributed by atoms with Crippen LogP contribution >= 0.6 is 0 Å². The lowest BCUT2D eigenvalue weighted by Gasteiger charge is -2.13. The van der Waals surface area contributed by atoms with Gasteiger partial charge < -0.3 is 19.0 Å². The first-order valence-electron chi connectivity index (χ1n) is 9.28. The van der Waals surface area contributed by atoms with Gasteiger partial charge in [0.2, 0.25) is 5.82 Å². The maximum Gasteiger partial charge on any atom is 0.316 e. The molecule has 9 nitrogen and oxygen atoms in total. The van der Waals surface area contributed by atoms with Crippen LogP contribution in [0, 0.1) is 0 Å². The van der Waals surface area contributed by atoms with Crippen LogP contribution in [0.5, 0.6) is 11.5 Å². The van der Waals surface area contributed by atoms with E-state index in [1.54, 1.807) is 50.6 Å². The van der Waals surface area contributed by atoms with Crippen molar-refractivity contribution in [3.05, 3.63) is 57.1 Å². The number of H-pyrrole nitrogens is 1. The molecule has 0 fully saturated rings. The summed E-state index contributed by atoms with van der Waals surface area (Å²) in [5.41, 5.74) is 1.20. The monoisotopic (exact) mass is 408 g/mol. The normalized spacial score (nSPS) is 11.2. The molecule has 4 rings (SSSR count). The Hall–Kier alpha value is -3.88. The Balaban J connectivity index is 1.78. The fourth-order valence-electron chi connectivity index (χ4n) is 3.32. The van der Waals surface area contributed by atoms with Crippen LogP contribution in [0.3, 0.4) is 0 Å². The Morgan fingerprint density at radius 1 is 1.00 bits per heavy atom. The molecule has 2 aromatic carbocycles. The van der Waals surface area contributed by atoms with Crippen LogP contribution in [-0.4, -0.2) is 33.9 Å². The van der Waals surface area contributed by atoms with Crippen LogP contribution in [0.25, 0.3) is 33.9 Å². The van der Waals surface area contributed by atoms with E-state index in [0.29, 0.717) is 45.4 Å². The van der Waals surface area contributed by atoms with Crippen molar-refractivity contribution >= 4 is 11.0 Å². The molecule has 30 heavy (non-hydrogen) atoms. The van der Waals surface area contributed by atoms with E-state index in [1.807, 2.05) is 13.8 Å². The molecule has 0 unspecified atom stereocenters. The smallest absolute Gasteiger partial charge is 0.316 e. The van der Waals surface area contributed by atoms with Gasteiger partial charge in [-0.1, -0.05) is 5.16 Å². The number of nitrogens with one attached hydrogen (secondary N) is 1. The van der Waals surface area contributed by atoms with Crippen molar-refractivity contribution in [1.29, 1.82) is 0 Å².